The molecule has 0 aromatic rings. The number of hydrogen-bond donors (Lipinski definition) is 0. The minimum absolute atomic E-state index is 0.0502. The highest BCUT2D eigenvalue weighted by Gasteiger charge is 2.53. The average Bonchev–Trinajstić information content (AvgIpc) is 2.37. The van der Waals surface area contributed by atoms with E-state index < -0.39 is 12.3 Å². The van der Waals surface area contributed by atoms with Crippen molar-refractivity contribution in [1.82, 2.24) is 4.90 Å². The highest BCUT2D eigenvalue weighted by atomic mass is 19.3. The van der Waals surface area contributed by atoms with E-state index in [1.165, 1.54) is 0 Å². The Morgan fingerprint density at radius 2 is 2.20 bits per heavy atom. The van der Waals surface area contributed by atoms with Crippen LogP contribution in [-0.4, -0.2) is 42.7 Å². The Bertz CT molecular complexity index is 235. The van der Waals surface area contributed by atoms with Crippen LogP contribution in [0.1, 0.15) is 26.7 Å². The highest BCUT2D eigenvalue weighted by molar-refractivity contribution is 5.07. The molecule has 0 aromatic carbocycles. The summed E-state index contributed by atoms with van der Waals surface area (Å²) in [5.41, 5.74) is -0.0502. The van der Waals surface area contributed by atoms with Crippen LogP contribution < -0.4 is 0 Å². The van der Waals surface area contributed by atoms with E-state index in [1.54, 1.807) is 0 Å². The van der Waals surface area contributed by atoms with E-state index in [9.17, 15) is 8.78 Å². The molecule has 2 atom stereocenters. The van der Waals surface area contributed by atoms with Crippen molar-refractivity contribution >= 4 is 0 Å². The monoisotopic (exact) mass is 219 g/mol. The Balaban J connectivity index is 1.92. The van der Waals surface area contributed by atoms with Crippen LogP contribution in [0, 0.1) is 5.92 Å². The van der Waals surface area contributed by atoms with Crippen molar-refractivity contribution in [3.8, 4) is 0 Å². The fourth-order valence-electron chi connectivity index (χ4n) is 2.65. The second kappa shape index (κ2) is 3.98. The molecule has 0 spiro atoms. The summed E-state index contributed by atoms with van der Waals surface area (Å²) < 4.78 is 30.8. The Kier molecular flexibility index (Phi) is 2.99. The summed E-state index contributed by atoms with van der Waals surface area (Å²) in [6.45, 7) is 6.11. The molecule has 0 aromatic heterocycles. The molecule has 2 nitrogen and oxygen atoms in total. The number of alkyl halides is 2. The normalized spacial score (nSPS) is 36.0. The lowest BCUT2D eigenvalue weighted by atomic mass is 9.84. The lowest BCUT2D eigenvalue weighted by Gasteiger charge is -2.48. The fraction of sp³-hybridized carbons (Fsp3) is 1.00. The Morgan fingerprint density at radius 1 is 1.47 bits per heavy atom. The van der Waals surface area contributed by atoms with Gasteiger partial charge in [-0.25, -0.2) is 8.78 Å². The summed E-state index contributed by atoms with van der Waals surface area (Å²) >= 11 is 0. The zero-order valence-electron chi connectivity index (χ0n) is 9.38. The van der Waals surface area contributed by atoms with Crippen LogP contribution in [0.2, 0.25) is 0 Å². The van der Waals surface area contributed by atoms with Gasteiger partial charge in [-0.3, -0.25) is 4.90 Å². The van der Waals surface area contributed by atoms with Gasteiger partial charge in [-0.05, 0) is 26.7 Å². The van der Waals surface area contributed by atoms with Gasteiger partial charge >= 0.3 is 0 Å². The van der Waals surface area contributed by atoms with Crippen molar-refractivity contribution in [1.29, 1.82) is 0 Å². The fourth-order valence-corrected chi connectivity index (χ4v) is 2.65. The molecular weight excluding hydrogens is 200 g/mol. The summed E-state index contributed by atoms with van der Waals surface area (Å²) in [6.07, 6.45) is -0.362. The molecule has 15 heavy (non-hydrogen) atoms. The van der Waals surface area contributed by atoms with Crippen molar-refractivity contribution < 1.29 is 13.5 Å². The zero-order valence-corrected chi connectivity index (χ0v) is 9.38. The van der Waals surface area contributed by atoms with Crippen LogP contribution in [0.5, 0.6) is 0 Å². The molecule has 0 bridgehead atoms. The van der Waals surface area contributed by atoms with Crippen LogP contribution in [0.25, 0.3) is 0 Å². The number of ether oxygens (including phenoxy) is 1. The van der Waals surface area contributed by atoms with Crippen LogP contribution in [0.3, 0.4) is 0 Å². The van der Waals surface area contributed by atoms with E-state index in [1.807, 2.05) is 13.8 Å². The van der Waals surface area contributed by atoms with Crippen molar-refractivity contribution in [2.24, 2.45) is 5.92 Å². The highest BCUT2D eigenvalue weighted by Crippen LogP contribution is 2.45. The van der Waals surface area contributed by atoms with Gasteiger partial charge in [0.25, 0.3) is 0 Å². The van der Waals surface area contributed by atoms with Gasteiger partial charge < -0.3 is 4.74 Å². The molecule has 88 valence electrons. The van der Waals surface area contributed by atoms with Gasteiger partial charge in [0, 0.05) is 24.5 Å². The first-order valence-electron chi connectivity index (χ1n) is 5.68. The van der Waals surface area contributed by atoms with Crippen molar-refractivity contribution in [2.75, 3.05) is 19.7 Å². The van der Waals surface area contributed by atoms with Gasteiger partial charge in [0.2, 0.25) is 6.43 Å². The summed E-state index contributed by atoms with van der Waals surface area (Å²) in [5, 5.41) is 0. The molecule has 0 aliphatic carbocycles. The van der Waals surface area contributed by atoms with Crippen LogP contribution in [0.4, 0.5) is 8.78 Å². The standard InChI is InChI=1S/C11H19F2NO/c1-8(2)15-7-11-3-4-14(11)6-9(5-11)10(12)13/h8-10H,3-7H2,1-2H3/t9-,11+/m0/s1. The molecule has 2 rings (SSSR count). The molecule has 2 fully saturated rings. The van der Waals surface area contributed by atoms with Crippen LogP contribution in [-0.2, 0) is 4.74 Å². The van der Waals surface area contributed by atoms with Gasteiger partial charge in [0.15, 0.2) is 0 Å². The number of nitrogens with zero attached hydrogens (tertiary/aromatic N) is 1. The smallest absolute Gasteiger partial charge is 0.242 e. The Morgan fingerprint density at radius 3 is 2.67 bits per heavy atom. The lowest BCUT2D eigenvalue weighted by molar-refractivity contribution is -0.0648. The second-order valence-electron chi connectivity index (χ2n) is 5.08. The van der Waals surface area contributed by atoms with Gasteiger partial charge in [-0.1, -0.05) is 0 Å². The van der Waals surface area contributed by atoms with Crippen molar-refractivity contribution in [2.45, 2.75) is 44.8 Å². The SMILES string of the molecule is CC(C)OC[C@]12CCN1C[C@@H](C(F)F)C2. The maximum Gasteiger partial charge on any atom is 0.242 e. The molecule has 2 heterocycles. The summed E-state index contributed by atoms with van der Waals surface area (Å²) in [5.74, 6) is -0.441. The first-order valence-corrected chi connectivity index (χ1v) is 5.68. The number of hydrogen-bond acceptors (Lipinski definition) is 2. The Labute approximate surface area is 89.6 Å². The molecule has 0 unspecified atom stereocenters. The molecular formula is C11H19F2NO. The maximum atomic E-state index is 12.6. The van der Waals surface area contributed by atoms with E-state index in [2.05, 4.69) is 4.90 Å². The van der Waals surface area contributed by atoms with Gasteiger partial charge in [-0.15, -0.1) is 0 Å². The second-order valence-corrected chi connectivity index (χ2v) is 5.08. The number of rotatable bonds is 4. The largest absolute Gasteiger partial charge is 0.377 e. The summed E-state index contributed by atoms with van der Waals surface area (Å²) in [6, 6.07) is 0. The van der Waals surface area contributed by atoms with Crippen LogP contribution >= 0.6 is 0 Å². The van der Waals surface area contributed by atoms with E-state index >= 15 is 0 Å². The third-order valence-electron chi connectivity index (χ3n) is 3.66. The quantitative estimate of drug-likeness (QED) is 0.718. The van der Waals surface area contributed by atoms with Gasteiger partial charge in [0.1, 0.15) is 0 Å². The van der Waals surface area contributed by atoms with E-state index in [4.69, 9.17) is 4.74 Å². The topological polar surface area (TPSA) is 12.5 Å². The molecule has 4 heteroatoms. The predicted octanol–water partition coefficient (Wildman–Crippen LogP) is 2.14. The molecule has 2 aliphatic heterocycles. The average molecular weight is 219 g/mol. The van der Waals surface area contributed by atoms with Gasteiger partial charge in [0.05, 0.1) is 12.7 Å². The molecule has 0 amide bonds. The maximum absolute atomic E-state index is 12.6. The molecule has 2 saturated heterocycles. The van der Waals surface area contributed by atoms with Crippen molar-refractivity contribution in [3.05, 3.63) is 0 Å². The molecule has 0 saturated carbocycles. The predicted molar refractivity (Wildman–Crippen MR) is 54.1 cm³/mol. The van der Waals surface area contributed by atoms with E-state index in [0.29, 0.717) is 19.6 Å². The first kappa shape index (κ1) is 11.3. The van der Waals surface area contributed by atoms with Gasteiger partial charge in [-0.2, -0.15) is 0 Å². The number of fused-ring (bicyclic) bond motifs is 1. The first-order chi connectivity index (χ1) is 7.03. The summed E-state index contributed by atoms with van der Waals surface area (Å²) in [7, 11) is 0. The minimum atomic E-state index is -2.17. The summed E-state index contributed by atoms with van der Waals surface area (Å²) in [4.78, 5) is 2.17. The Hall–Kier alpha value is -0.220. The molecule has 0 radical (unpaired) electrons. The molecule has 0 N–H and O–H groups in total. The minimum Gasteiger partial charge on any atom is -0.377 e. The van der Waals surface area contributed by atoms with E-state index in [-0.39, 0.29) is 11.6 Å². The zero-order chi connectivity index (χ0) is 11.1. The lowest BCUT2D eigenvalue weighted by Crippen LogP contribution is -2.58. The molecule has 2 aliphatic rings. The van der Waals surface area contributed by atoms with Crippen LogP contribution in [0.15, 0.2) is 0 Å². The van der Waals surface area contributed by atoms with E-state index in [0.717, 1.165) is 13.0 Å². The number of halogens is 2. The third-order valence-corrected chi connectivity index (χ3v) is 3.66. The third kappa shape index (κ3) is 2.02. The van der Waals surface area contributed by atoms with Crippen molar-refractivity contribution in [3.63, 3.8) is 0 Å².